The highest BCUT2D eigenvalue weighted by atomic mass is 19.4. The van der Waals surface area contributed by atoms with Crippen LogP contribution in [-0.4, -0.2) is 15.5 Å². The van der Waals surface area contributed by atoms with Crippen LogP contribution in [0.5, 0.6) is 0 Å². The van der Waals surface area contributed by atoms with Gasteiger partial charge in [0.15, 0.2) is 0 Å². The molecule has 0 aliphatic carbocycles. The maximum Gasteiger partial charge on any atom is 0.416 e. The lowest BCUT2D eigenvalue weighted by atomic mass is 10.1. The van der Waals surface area contributed by atoms with Gasteiger partial charge in [0.2, 0.25) is 0 Å². The summed E-state index contributed by atoms with van der Waals surface area (Å²) >= 11 is 0. The lowest BCUT2D eigenvalue weighted by Gasteiger charge is -2.08. The summed E-state index contributed by atoms with van der Waals surface area (Å²) in [6.45, 7) is 0. The molecule has 0 unspecified atom stereocenters. The van der Waals surface area contributed by atoms with Gasteiger partial charge in [0, 0.05) is 23.3 Å². The van der Waals surface area contributed by atoms with E-state index in [1.54, 1.807) is 12.1 Å². The molecule has 2 heterocycles. The van der Waals surface area contributed by atoms with Gasteiger partial charge in [-0.05, 0) is 30.3 Å². The molecular weight excluding hydrogens is 307 g/mol. The number of hydrogen-bond donors (Lipinski definition) is 0. The average molecular weight is 315 g/mol. The molecule has 0 radical (unpaired) electrons. The molecule has 7 heteroatoms. The van der Waals surface area contributed by atoms with Gasteiger partial charge in [-0.15, -0.1) is 0 Å². The number of carbonyl (C=O) groups excluding carboxylic acids is 1. The zero-order valence-corrected chi connectivity index (χ0v) is 11.5. The first-order chi connectivity index (χ1) is 10.9. The van der Waals surface area contributed by atoms with E-state index in [1.807, 2.05) is 6.07 Å². The van der Waals surface area contributed by atoms with Gasteiger partial charge < -0.3 is 0 Å². The largest absolute Gasteiger partial charge is 0.416 e. The molecule has 0 atom stereocenters. The Labute approximate surface area is 128 Å². The summed E-state index contributed by atoms with van der Waals surface area (Å²) < 4.78 is 39.4. The number of nitrogens with zero attached hydrogens (tertiary/aromatic N) is 3. The topological polar surface area (TPSA) is 58.7 Å². The van der Waals surface area contributed by atoms with E-state index < -0.39 is 17.6 Å². The maximum atomic E-state index is 12.8. The number of alkyl halides is 3. The van der Waals surface area contributed by atoms with Gasteiger partial charge in [-0.1, -0.05) is 6.07 Å². The normalized spacial score (nSPS) is 11.4. The molecule has 4 nitrogen and oxygen atoms in total. The van der Waals surface area contributed by atoms with E-state index in [-0.39, 0.29) is 16.8 Å². The third kappa shape index (κ3) is 2.55. The molecule has 0 bridgehead atoms. The molecule has 0 fully saturated rings. The summed E-state index contributed by atoms with van der Waals surface area (Å²) in [4.78, 5) is 16.6. The van der Waals surface area contributed by atoms with Crippen molar-refractivity contribution in [2.45, 2.75) is 6.18 Å². The Morgan fingerprint density at radius 2 is 2.00 bits per heavy atom. The van der Waals surface area contributed by atoms with E-state index in [1.165, 1.54) is 24.5 Å². The molecule has 3 aromatic rings. The van der Waals surface area contributed by atoms with Gasteiger partial charge in [-0.25, -0.2) is 4.98 Å². The molecule has 0 saturated heterocycles. The first kappa shape index (κ1) is 14.8. The fourth-order valence-corrected chi connectivity index (χ4v) is 2.27. The molecule has 0 aliphatic rings. The SMILES string of the molecule is N#Cc1cn(C(=O)c2cccc(C(F)(F)F)c2)c2ncccc12. The second-order valence-electron chi connectivity index (χ2n) is 4.78. The minimum absolute atomic E-state index is 0.133. The van der Waals surface area contributed by atoms with Gasteiger partial charge in [-0.2, -0.15) is 18.4 Å². The van der Waals surface area contributed by atoms with Crippen molar-refractivity contribution < 1.29 is 18.0 Å². The molecule has 23 heavy (non-hydrogen) atoms. The van der Waals surface area contributed by atoms with Crippen molar-refractivity contribution in [1.29, 1.82) is 5.26 Å². The number of pyridine rings is 1. The van der Waals surface area contributed by atoms with E-state index >= 15 is 0 Å². The van der Waals surface area contributed by atoms with E-state index in [0.717, 1.165) is 16.7 Å². The van der Waals surface area contributed by atoms with Crippen molar-refractivity contribution in [3.8, 4) is 6.07 Å². The van der Waals surface area contributed by atoms with Gasteiger partial charge >= 0.3 is 6.18 Å². The van der Waals surface area contributed by atoms with Crippen LogP contribution in [0.4, 0.5) is 13.2 Å². The highest BCUT2D eigenvalue weighted by molar-refractivity contribution is 6.02. The minimum Gasteiger partial charge on any atom is -0.268 e. The molecule has 2 aromatic heterocycles. The molecule has 0 N–H and O–H groups in total. The van der Waals surface area contributed by atoms with Crippen molar-refractivity contribution in [3.05, 3.63) is 65.5 Å². The molecule has 0 amide bonds. The maximum absolute atomic E-state index is 12.8. The summed E-state index contributed by atoms with van der Waals surface area (Å²) in [5.41, 5.74) is -0.583. The van der Waals surface area contributed by atoms with Gasteiger partial charge in [0.05, 0.1) is 11.1 Å². The monoisotopic (exact) mass is 315 g/mol. The van der Waals surface area contributed by atoms with Crippen LogP contribution < -0.4 is 0 Å². The van der Waals surface area contributed by atoms with Crippen molar-refractivity contribution >= 4 is 16.9 Å². The Hall–Kier alpha value is -3.14. The molecule has 3 rings (SSSR count). The molecular formula is C16H8F3N3O. The standard InChI is InChI=1S/C16H8F3N3O/c17-16(18,19)12-4-1-3-10(7-12)15(23)22-9-11(8-20)13-5-2-6-21-14(13)22/h1-7,9H. The summed E-state index contributed by atoms with van der Waals surface area (Å²) in [6, 6.07) is 9.30. The number of carbonyl (C=O) groups is 1. The minimum atomic E-state index is -4.54. The first-order valence-electron chi connectivity index (χ1n) is 6.50. The van der Waals surface area contributed by atoms with Crippen LogP contribution in [-0.2, 0) is 6.18 Å². The zero-order chi connectivity index (χ0) is 16.6. The smallest absolute Gasteiger partial charge is 0.268 e. The first-order valence-corrected chi connectivity index (χ1v) is 6.50. The summed E-state index contributed by atoms with van der Waals surface area (Å²) in [6.07, 6.45) is -1.81. The number of hydrogen-bond acceptors (Lipinski definition) is 3. The Morgan fingerprint density at radius 3 is 2.70 bits per heavy atom. The molecule has 0 spiro atoms. The number of aromatic nitrogens is 2. The molecule has 1 aromatic carbocycles. The van der Waals surface area contributed by atoms with Crippen LogP contribution in [0, 0.1) is 11.3 Å². The van der Waals surface area contributed by atoms with E-state index in [2.05, 4.69) is 4.98 Å². The highest BCUT2D eigenvalue weighted by Gasteiger charge is 2.31. The molecule has 0 aliphatic heterocycles. The third-order valence-corrected chi connectivity index (χ3v) is 3.34. The van der Waals surface area contributed by atoms with Gasteiger partial charge in [-0.3, -0.25) is 9.36 Å². The van der Waals surface area contributed by atoms with Crippen molar-refractivity contribution in [2.75, 3.05) is 0 Å². The van der Waals surface area contributed by atoms with Crippen LogP contribution in [0.2, 0.25) is 0 Å². The fourth-order valence-electron chi connectivity index (χ4n) is 2.27. The van der Waals surface area contributed by atoms with Crippen molar-refractivity contribution in [2.24, 2.45) is 0 Å². The average Bonchev–Trinajstić information content (AvgIpc) is 2.92. The fraction of sp³-hybridized carbons (Fsp3) is 0.0625. The number of rotatable bonds is 1. The van der Waals surface area contributed by atoms with Crippen LogP contribution >= 0.6 is 0 Å². The van der Waals surface area contributed by atoms with E-state index in [9.17, 15) is 18.0 Å². The van der Waals surface area contributed by atoms with Crippen LogP contribution in [0.3, 0.4) is 0 Å². The summed E-state index contributed by atoms with van der Waals surface area (Å²) in [5, 5.41) is 9.57. The quantitative estimate of drug-likeness (QED) is 0.689. The van der Waals surface area contributed by atoms with E-state index in [0.29, 0.717) is 5.39 Å². The second-order valence-corrected chi connectivity index (χ2v) is 4.78. The van der Waals surface area contributed by atoms with Crippen molar-refractivity contribution in [1.82, 2.24) is 9.55 Å². The van der Waals surface area contributed by atoms with Gasteiger partial charge in [0.25, 0.3) is 5.91 Å². The Balaban J connectivity index is 2.14. The summed E-state index contributed by atoms with van der Waals surface area (Å²) in [5.74, 6) is -0.679. The summed E-state index contributed by atoms with van der Waals surface area (Å²) in [7, 11) is 0. The van der Waals surface area contributed by atoms with Crippen LogP contribution in [0.15, 0.2) is 48.8 Å². The molecule has 0 saturated carbocycles. The predicted octanol–water partition coefficient (Wildman–Crippen LogP) is 3.62. The van der Waals surface area contributed by atoms with Crippen LogP contribution in [0.25, 0.3) is 11.0 Å². The second kappa shape index (κ2) is 5.25. The number of benzene rings is 1. The Morgan fingerprint density at radius 1 is 1.22 bits per heavy atom. The van der Waals surface area contributed by atoms with Crippen LogP contribution in [0.1, 0.15) is 21.5 Å². The van der Waals surface area contributed by atoms with E-state index in [4.69, 9.17) is 5.26 Å². The number of halogens is 3. The van der Waals surface area contributed by atoms with Gasteiger partial charge in [0.1, 0.15) is 11.7 Å². The Bertz CT molecular complexity index is 951. The number of nitriles is 1. The molecule has 114 valence electrons. The predicted molar refractivity (Wildman–Crippen MR) is 75.6 cm³/mol. The lowest BCUT2D eigenvalue weighted by Crippen LogP contribution is -2.13. The number of fused-ring (bicyclic) bond motifs is 1. The van der Waals surface area contributed by atoms with Crippen molar-refractivity contribution in [3.63, 3.8) is 0 Å². The Kier molecular flexibility index (Phi) is 3.37. The third-order valence-electron chi connectivity index (χ3n) is 3.34. The highest BCUT2D eigenvalue weighted by Crippen LogP contribution is 2.30. The zero-order valence-electron chi connectivity index (χ0n) is 11.5. The lowest BCUT2D eigenvalue weighted by molar-refractivity contribution is -0.137.